The molecule has 1 N–H and O–H groups in total. The first-order chi connectivity index (χ1) is 15.9. The van der Waals surface area contributed by atoms with Crippen LogP contribution in [0.4, 0.5) is 5.69 Å². The third-order valence-electron chi connectivity index (χ3n) is 4.98. The predicted molar refractivity (Wildman–Crippen MR) is 132 cm³/mol. The number of carboxylic acid groups (broad SMARTS) is 1. The molecule has 0 spiro atoms. The quantitative estimate of drug-likeness (QED) is 0.401. The van der Waals surface area contributed by atoms with Gasteiger partial charge < -0.3 is 9.52 Å². The molecule has 2 heterocycles. The van der Waals surface area contributed by atoms with Gasteiger partial charge in [-0.2, -0.15) is 0 Å². The van der Waals surface area contributed by atoms with Gasteiger partial charge in [0, 0.05) is 18.2 Å². The van der Waals surface area contributed by atoms with Gasteiger partial charge in [-0.3, -0.25) is 9.69 Å². The van der Waals surface area contributed by atoms with E-state index >= 15 is 0 Å². The molecule has 1 aliphatic heterocycles. The van der Waals surface area contributed by atoms with Crippen LogP contribution in [0.2, 0.25) is 5.02 Å². The number of hydrogen-bond acceptors (Lipinski definition) is 5. The molecule has 2 aromatic carbocycles. The molecule has 1 fully saturated rings. The third-order valence-corrected chi connectivity index (χ3v) is 6.31. The van der Waals surface area contributed by atoms with E-state index in [9.17, 15) is 14.7 Å². The summed E-state index contributed by atoms with van der Waals surface area (Å²) in [7, 11) is 0. The van der Waals surface area contributed by atoms with Gasteiger partial charge in [0.2, 0.25) is 0 Å². The van der Waals surface area contributed by atoms with Gasteiger partial charge in [-0.05, 0) is 67.6 Å². The third kappa shape index (κ3) is 5.05. The minimum absolute atomic E-state index is 0.000774. The zero-order valence-corrected chi connectivity index (χ0v) is 19.6. The van der Waals surface area contributed by atoms with E-state index in [1.54, 1.807) is 29.2 Å². The van der Waals surface area contributed by atoms with Crippen LogP contribution in [0.5, 0.6) is 0 Å². The number of amidine groups is 1. The summed E-state index contributed by atoms with van der Waals surface area (Å²) in [5.41, 5.74) is 2.51. The van der Waals surface area contributed by atoms with E-state index in [1.807, 2.05) is 38.1 Å². The Balaban J connectivity index is 1.62. The fourth-order valence-corrected chi connectivity index (χ4v) is 4.50. The van der Waals surface area contributed by atoms with E-state index in [-0.39, 0.29) is 16.5 Å². The number of rotatable bonds is 6. The number of amides is 1. The van der Waals surface area contributed by atoms with Gasteiger partial charge in [0.15, 0.2) is 5.17 Å². The lowest BCUT2D eigenvalue weighted by Crippen LogP contribution is -2.29. The smallest absolute Gasteiger partial charge is 0.337 e. The average molecular weight is 481 g/mol. The van der Waals surface area contributed by atoms with E-state index in [0.29, 0.717) is 33.7 Å². The first-order valence-corrected chi connectivity index (χ1v) is 11.5. The summed E-state index contributed by atoms with van der Waals surface area (Å²) in [5.74, 6) is -0.262. The molecule has 1 saturated heterocycles. The molecule has 0 unspecified atom stereocenters. The standard InChI is InChI=1S/C25H21ClN2O4S/c1-3-12-28-23(29)22(33-25(28)27-17-7-4-15(2)5-8-17)14-18-9-11-21(32-18)16-6-10-20(26)19(13-16)24(30)31/h4-11,13-14H,3,12H2,1-2H3,(H,30,31)/b22-14+,27-25?. The van der Waals surface area contributed by atoms with Crippen LogP contribution < -0.4 is 0 Å². The van der Waals surface area contributed by atoms with Crippen molar-refractivity contribution in [3.8, 4) is 11.3 Å². The lowest BCUT2D eigenvalue weighted by Gasteiger charge is -2.13. The number of aromatic carboxylic acids is 1. The van der Waals surface area contributed by atoms with Crippen molar-refractivity contribution in [2.24, 2.45) is 4.99 Å². The van der Waals surface area contributed by atoms with Crippen LogP contribution in [-0.4, -0.2) is 33.6 Å². The number of halogens is 1. The summed E-state index contributed by atoms with van der Waals surface area (Å²) >= 11 is 7.26. The molecule has 0 radical (unpaired) electrons. The largest absolute Gasteiger partial charge is 0.478 e. The number of carbonyl (C=O) groups is 2. The molecule has 1 amide bonds. The van der Waals surface area contributed by atoms with Crippen molar-refractivity contribution in [2.75, 3.05) is 6.54 Å². The van der Waals surface area contributed by atoms with Crippen LogP contribution in [0, 0.1) is 6.92 Å². The van der Waals surface area contributed by atoms with E-state index < -0.39 is 5.97 Å². The van der Waals surface area contributed by atoms with Crippen LogP contribution in [0.15, 0.2) is 68.9 Å². The highest BCUT2D eigenvalue weighted by molar-refractivity contribution is 8.18. The highest BCUT2D eigenvalue weighted by atomic mass is 35.5. The molecule has 168 valence electrons. The van der Waals surface area contributed by atoms with Gasteiger partial charge >= 0.3 is 5.97 Å². The lowest BCUT2D eigenvalue weighted by atomic mass is 10.1. The minimum atomic E-state index is -1.11. The second-order valence-corrected chi connectivity index (χ2v) is 8.92. The second kappa shape index (κ2) is 9.68. The van der Waals surface area contributed by atoms with Crippen molar-refractivity contribution in [1.29, 1.82) is 0 Å². The van der Waals surface area contributed by atoms with E-state index in [1.165, 1.54) is 23.9 Å². The van der Waals surface area contributed by atoms with Gasteiger partial charge in [0.1, 0.15) is 11.5 Å². The van der Waals surface area contributed by atoms with Crippen LogP contribution in [0.1, 0.15) is 35.0 Å². The van der Waals surface area contributed by atoms with Crippen LogP contribution >= 0.6 is 23.4 Å². The molecule has 3 aromatic rings. The number of carboxylic acids is 1. The first-order valence-electron chi connectivity index (χ1n) is 10.4. The molecular formula is C25H21ClN2O4S. The summed E-state index contributed by atoms with van der Waals surface area (Å²) in [6, 6.07) is 16.0. The number of aryl methyl sites for hydroxylation is 1. The maximum atomic E-state index is 13.0. The van der Waals surface area contributed by atoms with Crippen LogP contribution in [0.3, 0.4) is 0 Å². The highest BCUT2D eigenvalue weighted by Crippen LogP contribution is 2.35. The summed E-state index contributed by atoms with van der Waals surface area (Å²) in [4.78, 5) is 31.2. The van der Waals surface area contributed by atoms with Gasteiger partial charge in [-0.1, -0.05) is 36.2 Å². The molecule has 33 heavy (non-hydrogen) atoms. The number of aliphatic imine (C=N–C) groups is 1. The Morgan fingerprint density at radius 2 is 1.94 bits per heavy atom. The van der Waals surface area contributed by atoms with Crippen molar-refractivity contribution in [2.45, 2.75) is 20.3 Å². The Morgan fingerprint density at radius 3 is 2.64 bits per heavy atom. The summed E-state index contributed by atoms with van der Waals surface area (Å²) in [6.45, 7) is 4.60. The van der Waals surface area contributed by atoms with Gasteiger partial charge in [-0.25, -0.2) is 9.79 Å². The van der Waals surface area contributed by atoms with Crippen molar-refractivity contribution < 1.29 is 19.1 Å². The fourth-order valence-electron chi connectivity index (χ4n) is 3.30. The monoisotopic (exact) mass is 480 g/mol. The van der Waals surface area contributed by atoms with E-state index in [2.05, 4.69) is 4.99 Å². The Morgan fingerprint density at radius 1 is 1.18 bits per heavy atom. The van der Waals surface area contributed by atoms with Crippen LogP contribution in [0.25, 0.3) is 17.4 Å². The topological polar surface area (TPSA) is 83.1 Å². The fraction of sp³-hybridized carbons (Fsp3) is 0.160. The number of carbonyl (C=O) groups excluding carboxylic acids is 1. The van der Waals surface area contributed by atoms with Gasteiger partial charge in [-0.15, -0.1) is 0 Å². The number of benzene rings is 2. The molecule has 1 aromatic heterocycles. The number of thioether (sulfide) groups is 1. The molecule has 1 aliphatic rings. The zero-order valence-electron chi connectivity index (χ0n) is 18.0. The molecule has 8 heteroatoms. The number of furan rings is 1. The van der Waals surface area contributed by atoms with E-state index in [4.69, 9.17) is 16.0 Å². The molecule has 0 aliphatic carbocycles. The average Bonchev–Trinajstić information content (AvgIpc) is 3.36. The Labute approximate surface area is 200 Å². The van der Waals surface area contributed by atoms with Gasteiger partial charge in [0.25, 0.3) is 5.91 Å². The Bertz CT molecular complexity index is 1280. The number of hydrogen-bond donors (Lipinski definition) is 1. The van der Waals surface area contributed by atoms with Crippen molar-refractivity contribution in [3.05, 3.63) is 81.4 Å². The molecule has 0 bridgehead atoms. The highest BCUT2D eigenvalue weighted by Gasteiger charge is 2.33. The van der Waals surface area contributed by atoms with Crippen molar-refractivity contribution >= 4 is 52.2 Å². The normalized spacial score (nSPS) is 16.2. The molecule has 0 atom stereocenters. The van der Waals surface area contributed by atoms with Crippen molar-refractivity contribution in [1.82, 2.24) is 4.90 Å². The lowest BCUT2D eigenvalue weighted by molar-refractivity contribution is -0.122. The first kappa shape index (κ1) is 22.9. The maximum Gasteiger partial charge on any atom is 0.337 e. The molecule has 0 saturated carbocycles. The summed E-state index contributed by atoms with van der Waals surface area (Å²) < 4.78 is 5.88. The Kier molecular flexibility index (Phi) is 6.72. The predicted octanol–water partition coefficient (Wildman–Crippen LogP) is 6.62. The van der Waals surface area contributed by atoms with Gasteiger partial charge in [0.05, 0.1) is 21.2 Å². The molecular weight excluding hydrogens is 460 g/mol. The number of nitrogens with zero attached hydrogens (tertiary/aromatic N) is 2. The zero-order chi connectivity index (χ0) is 23.5. The maximum absolute atomic E-state index is 13.0. The second-order valence-electron chi connectivity index (χ2n) is 7.50. The van der Waals surface area contributed by atoms with Crippen LogP contribution in [-0.2, 0) is 4.79 Å². The van der Waals surface area contributed by atoms with Crippen molar-refractivity contribution in [3.63, 3.8) is 0 Å². The molecule has 4 rings (SSSR count). The van der Waals surface area contributed by atoms with E-state index in [0.717, 1.165) is 17.7 Å². The Hall–Kier alpha value is -3.29. The SMILES string of the molecule is CCCN1C(=O)/C(=C\c2ccc(-c3ccc(Cl)c(C(=O)O)c3)o2)SC1=Nc1ccc(C)cc1. The summed E-state index contributed by atoms with van der Waals surface area (Å²) in [6.07, 6.45) is 2.49. The minimum Gasteiger partial charge on any atom is -0.478 e. The molecule has 6 nitrogen and oxygen atoms in total. The summed E-state index contributed by atoms with van der Waals surface area (Å²) in [5, 5.41) is 10.1.